The van der Waals surface area contributed by atoms with Gasteiger partial charge in [0.1, 0.15) is 0 Å². The topological polar surface area (TPSA) is 70.8 Å². The van der Waals surface area contributed by atoms with E-state index in [1.165, 1.54) is 221 Å². The molecule has 402 valence electrons. The third-order valence-electron chi connectivity index (χ3n) is 14.0. The van der Waals surface area contributed by atoms with Crippen LogP contribution in [0.15, 0.2) is 70.7 Å². The quantitative estimate of drug-likeness (QED) is 0.0323. The number of aryl methyl sites for hydroxylation is 5. The van der Waals surface area contributed by atoms with Gasteiger partial charge in [-0.25, -0.2) is 4.99 Å². The molecule has 0 aliphatic heterocycles. The largest absolute Gasteiger partial charge is 2.00 e. The maximum atomic E-state index is 11.2. The van der Waals surface area contributed by atoms with Gasteiger partial charge in [0, 0.05) is 0 Å². The summed E-state index contributed by atoms with van der Waals surface area (Å²) in [6.07, 6.45) is 54.9. The first kappa shape index (κ1) is 65.8. The van der Waals surface area contributed by atoms with Crippen LogP contribution >= 0.6 is 0 Å². The van der Waals surface area contributed by atoms with Gasteiger partial charge in [-0.3, -0.25) is 4.99 Å². The zero-order chi connectivity index (χ0) is 50.7. The SMILES string of the molecule is CCCCCCCCCCCCCCCCCCCCC=CC(C=Nc1cc(CCCCC)cc(CCCCC)c1)=Nc1cc(CCCCC)cc(CCCCC)c1.CCCc1ccc([O-])c([O-])c1C.[Ni+2]. The Morgan fingerprint density at radius 1 is 0.423 bits per heavy atom. The van der Waals surface area contributed by atoms with E-state index in [-0.39, 0.29) is 22.2 Å². The molecule has 0 fully saturated rings. The second kappa shape index (κ2) is 45.4. The van der Waals surface area contributed by atoms with Gasteiger partial charge in [0.25, 0.3) is 0 Å². The van der Waals surface area contributed by atoms with Gasteiger partial charge in [-0.1, -0.05) is 244 Å². The van der Waals surface area contributed by atoms with Crippen molar-refractivity contribution in [2.75, 3.05) is 0 Å². The molecule has 71 heavy (non-hydrogen) atoms. The molecule has 0 aromatic heterocycles. The summed E-state index contributed by atoms with van der Waals surface area (Å²) in [5.74, 6) is -0.742. The zero-order valence-electron chi connectivity index (χ0n) is 47.0. The molecule has 0 spiro atoms. The molecule has 3 aromatic carbocycles. The number of hydrogen-bond acceptors (Lipinski definition) is 4. The summed E-state index contributed by atoms with van der Waals surface area (Å²) in [6.45, 7) is 15.3. The van der Waals surface area contributed by atoms with Crippen LogP contribution < -0.4 is 10.2 Å². The van der Waals surface area contributed by atoms with Gasteiger partial charge >= 0.3 is 16.5 Å². The minimum absolute atomic E-state index is 0. The van der Waals surface area contributed by atoms with Crippen LogP contribution in [0.1, 0.15) is 280 Å². The third-order valence-corrected chi connectivity index (χ3v) is 14.0. The molecule has 3 aromatic rings. The van der Waals surface area contributed by atoms with E-state index in [1.54, 1.807) is 13.0 Å². The Kier molecular flexibility index (Phi) is 42.2. The van der Waals surface area contributed by atoms with Crippen LogP contribution in [0.2, 0.25) is 0 Å². The van der Waals surface area contributed by atoms with E-state index in [4.69, 9.17) is 9.98 Å². The Morgan fingerprint density at radius 3 is 1.18 bits per heavy atom. The molecule has 0 bridgehead atoms. The molecule has 0 aliphatic carbocycles. The predicted molar refractivity (Wildman–Crippen MR) is 308 cm³/mol. The van der Waals surface area contributed by atoms with E-state index in [2.05, 4.69) is 90.1 Å². The average molecular weight is 1020 g/mol. The summed E-state index contributed by atoms with van der Waals surface area (Å²) in [6, 6.07) is 17.4. The number of hydrogen-bond donors (Lipinski definition) is 0. The fraction of sp³-hybridized carbons (Fsp3) is 0.667. The zero-order valence-corrected chi connectivity index (χ0v) is 48.0. The van der Waals surface area contributed by atoms with E-state index in [1.807, 2.05) is 6.21 Å². The van der Waals surface area contributed by atoms with E-state index in [0.29, 0.717) is 5.56 Å². The number of allylic oxidation sites excluding steroid dienone is 2. The van der Waals surface area contributed by atoms with E-state index >= 15 is 0 Å². The summed E-state index contributed by atoms with van der Waals surface area (Å²) in [7, 11) is 0. The van der Waals surface area contributed by atoms with Crippen molar-refractivity contribution in [3.05, 3.63) is 94.1 Å². The first-order valence-corrected chi connectivity index (χ1v) is 29.8. The number of aliphatic imine (C=N–C) groups is 2. The van der Waals surface area contributed by atoms with Gasteiger partial charge in [-0.15, -0.1) is 11.5 Å². The molecule has 0 radical (unpaired) electrons. The molecule has 0 aliphatic rings. The molecule has 0 atom stereocenters. The van der Waals surface area contributed by atoms with Crippen molar-refractivity contribution in [1.29, 1.82) is 0 Å². The monoisotopic (exact) mass is 1020 g/mol. The minimum atomic E-state index is -0.396. The van der Waals surface area contributed by atoms with Gasteiger partial charge in [-0.2, -0.15) is 0 Å². The smallest absolute Gasteiger partial charge is 0.873 e. The van der Waals surface area contributed by atoms with E-state index in [0.717, 1.165) is 67.6 Å². The molecule has 4 nitrogen and oxygen atoms in total. The van der Waals surface area contributed by atoms with Crippen molar-refractivity contribution in [2.45, 2.75) is 286 Å². The molecule has 3 rings (SSSR count). The van der Waals surface area contributed by atoms with Crippen molar-refractivity contribution in [2.24, 2.45) is 9.98 Å². The van der Waals surface area contributed by atoms with Crippen LogP contribution in [0.25, 0.3) is 0 Å². The summed E-state index contributed by atoms with van der Waals surface area (Å²) in [4.78, 5) is 10.5. The first-order chi connectivity index (χ1) is 34.3. The van der Waals surface area contributed by atoms with Crippen molar-refractivity contribution < 1.29 is 26.7 Å². The molecule has 5 heteroatoms. The fourth-order valence-electron chi connectivity index (χ4n) is 9.53. The van der Waals surface area contributed by atoms with E-state index in [9.17, 15) is 10.2 Å². The second-order valence-corrected chi connectivity index (χ2v) is 20.8. The number of nitrogens with zero attached hydrogens (tertiary/aromatic N) is 2. The maximum Gasteiger partial charge on any atom is 2.00 e. The molecule has 0 saturated heterocycles. The van der Waals surface area contributed by atoms with Gasteiger partial charge in [-0.05, 0) is 136 Å². The van der Waals surface area contributed by atoms with Gasteiger partial charge in [0.15, 0.2) is 0 Å². The Labute approximate surface area is 449 Å². The Morgan fingerprint density at radius 2 is 0.789 bits per heavy atom. The second-order valence-electron chi connectivity index (χ2n) is 20.8. The van der Waals surface area contributed by atoms with Gasteiger partial charge < -0.3 is 10.2 Å². The van der Waals surface area contributed by atoms with Gasteiger partial charge in [0.2, 0.25) is 0 Å². The van der Waals surface area contributed by atoms with Crippen molar-refractivity contribution >= 4 is 23.3 Å². The molecule has 0 unspecified atom stereocenters. The summed E-state index contributed by atoms with van der Waals surface area (Å²) < 4.78 is 0. The van der Waals surface area contributed by atoms with Crippen molar-refractivity contribution in [3.63, 3.8) is 0 Å². The van der Waals surface area contributed by atoms with Crippen LogP contribution in [-0.2, 0) is 48.6 Å². The molecular weight excluding hydrogens is 911 g/mol. The molecular formula is C66H106N2NiO2. The normalized spacial score (nSPS) is 11.7. The maximum absolute atomic E-state index is 11.2. The van der Waals surface area contributed by atoms with Crippen LogP contribution in [0.3, 0.4) is 0 Å². The van der Waals surface area contributed by atoms with Crippen molar-refractivity contribution in [1.82, 2.24) is 0 Å². The fourth-order valence-corrected chi connectivity index (χ4v) is 9.53. The number of benzene rings is 3. The summed E-state index contributed by atoms with van der Waals surface area (Å²) >= 11 is 0. The summed E-state index contributed by atoms with van der Waals surface area (Å²) in [5, 5.41) is 22.0. The minimum Gasteiger partial charge on any atom is -0.873 e. The number of rotatable bonds is 41. The van der Waals surface area contributed by atoms with Gasteiger partial charge in [0.05, 0.1) is 23.3 Å². The standard InChI is InChI=1S/C56H94N2.C10H14O2.Ni/c1-6-11-16-17-18-19-20-21-22-23-24-25-26-27-28-29-30-31-32-37-42-54(58-56-47-52(40-35-14-9-4)44-53(48-56)41-36-15-10-5)49-57-55-45-50(38-33-12-7-2)43-51(46-55)39-34-13-8-3;1-3-4-8-5-6-9(11)10(12)7(8)2;/h37,42-49H,6-36,38-41H2,1-5H3;5-6,11-12H,3-4H2,1-2H3;/q;;+2/p-2. The molecule has 0 heterocycles. The van der Waals surface area contributed by atoms with Crippen LogP contribution in [-0.4, -0.2) is 11.9 Å². The number of unbranched alkanes of at least 4 members (excludes halogenated alkanes) is 26. The molecule has 0 N–H and O–H groups in total. The Hall–Kier alpha value is -3.17. The van der Waals surface area contributed by atoms with Crippen LogP contribution in [0, 0.1) is 6.92 Å². The Bertz CT molecular complexity index is 1770. The summed E-state index contributed by atoms with van der Waals surface area (Å²) in [5.41, 5.74) is 10.5. The van der Waals surface area contributed by atoms with Crippen LogP contribution in [0.5, 0.6) is 11.5 Å². The van der Waals surface area contributed by atoms with E-state index < -0.39 is 5.75 Å². The molecule has 0 saturated carbocycles. The third kappa shape index (κ3) is 33.3. The molecule has 0 amide bonds. The van der Waals surface area contributed by atoms with Crippen LogP contribution in [0.4, 0.5) is 11.4 Å². The Balaban J connectivity index is 0.00000168. The predicted octanol–water partition coefficient (Wildman–Crippen LogP) is 20.2. The van der Waals surface area contributed by atoms with Crippen molar-refractivity contribution in [3.8, 4) is 11.5 Å². The first-order valence-electron chi connectivity index (χ1n) is 29.8. The average Bonchev–Trinajstić information content (AvgIpc) is 3.35.